The lowest BCUT2D eigenvalue weighted by atomic mass is 10.1. The molecule has 0 bridgehead atoms. The SMILES string of the molecule is CCC/C=C(\CC)CCNCCCC. The zero-order chi connectivity index (χ0) is 10.6. The van der Waals surface area contributed by atoms with Gasteiger partial charge in [0.15, 0.2) is 0 Å². The molecule has 0 aromatic carbocycles. The van der Waals surface area contributed by atoms with E-state index in [4.69, 9.17) is 0 Å². The lowest BCUT2D eigenvalue weighted by Crippen LogP contribution is -2.16. The third kappa shape index (κ3) is 8.31. The van der Waals surface area contributed by atoms with Gasteiger partial charge >= 0.3 is 0 Å². The normalized spacial score (nSPS) is 12.1. The third-order valence-corrected chi connectivity index (χ3v) is 2.51. The van der Waals surface area contributed by atoms with Crippen LogP contribution in [0.25, 0.3) is 0 Å². The van der Waals surface area contributed by atoms with Crippen molar-refractivity contribution in [2.45, 2.75) is 59.3 Å². The minimum absolute atomic E-state index is 1.16. The molecule has 1 heteroatoms. The van der Waals surface area contributed by atoms with Crippen LogP contribution in [0.2, 0.25) is 0 Å². The molecule has 0 spiro atoms. The molecule has 0 aromatic rings. The van der Waals surface area contributed by atoms with E-state index in [0.717, 1.165) is 6.54 Å². The van der Waals surface area contributed by atoms with E-state index < -0.39 is 0 Å². The Balaban J connectivity index is 3.42. The molecule has 0 saturated carbocycles. The van der Waals surface area contributed by atoms with Gasteiger partial charge in [0.05, 0.1) is 0 Å². The Kier molecular flexibility index (Phi) is 10.5. The Morgan fingerprint density at radius 3 is 2.43 bits per heavy atom. The maximum absolute atomic E-state index is 3.49. The highest BCUT2D eigenvalue weighted by Crippen LogP contribution is 2.07. The molecule has 0 unspecified atom stereocenters. The Labute approximate surface area is 90.0 Å². The van der Waals surface area contributed by atoms with Crippen molar-refractivity contribution in [1.82, 2.24) is 5.32 Å². The lowest BCUT2D eigenvalue weighted by molar-refractivity contribution is 0.633. The predicted octanol–water partition coefficient (Wildman–Crippen LogP) is 3.90. The first-order chi connectivity index (χ1) is 6.85. The highest BCUT2D eigenvalue weighted by molar-refractivity contribution is 5.01. The summed E-state index contributed by atoms with van der Waals surface area (Å²) in [4.78, 5) is 0. The second-order valence-electron chi connectivity index (χ2n) is 3.86. The van der Waals surface area contributed by atoms with E-state index in [2.05, 4.69) is 32.2 Å². The summed E-state index contributed by atoms with van der Waals surface area (Å²) in [5.41, 5.74) is 1.62. The standard InChI is InChI=1S/C13H27N/c1-4-7-9-13(6-3)10-12-14-11-8-5-2/h9,14H,4-8,10-12H2,1-3H3/b13-9+. The van der Waals surface area contributed by atoms with Crippen molar-refractivity contribution in [2.75, 3.05) is 13.1 Å². The van der Waals surface area contributed by atoms with Gasteiger partial charge in [0.1, 0.15) is 0 Å². The van der Waals surface area contributed by atoms with Gasteiger partial charge in [-0.3, -0.25) is 0 Å². The van der Waals surface area contributed by atoms with Crippen LogP contribution in [0.5, 0.6) is 0 Å². The molecule has 0 saturated heterocycles. The summed E-state index contributed by atoms with van der Waals surface area (Å²) in [6, 6.07) is 0. The zero-order valence-electron chi connectivity index (χ0n) is 10.2. The van der Waals surface area contributed by atoms with Gasteiger partial charge in [0, 0.05) is 0 Å². The summed E-state index contributed by atoms with van der Waals surface area (Å²) in [5, 5.41) is 3.49. The second-order valence-corrected chi connectivity index (χ2v) is 3.86. The van der Waals surface area contributed by atoms with Gasteiger partial charge in [0.2, 0.25) is 0 Å². The Bertz CT molecular complexity index is 138. The Hall–Kier alpha value is -0.300. The molecule has 0 aliphatic heterocycles. The molecule has 0 rings (SSSR count). The van der Waals surface area contributed by atoms with Gasteiger partial charge in [-0.15, -0.1) is 0 Å². The summed E-state index contributed by atoms with van der Waals surface area (Å²) >= 11 is 0. The Morgan fingerprint density at radius 2 is 1.86 bits per heavy atom. The molecule has 0 aliphatic rings. The quantitative estimate of drug-likeness (QED) is 0.436. The molecule has 0 radical (unpaired) electrons. The summed E-state index contributed by atoms with van der Waals surface area (Å²) < 4.78 is 0. The van der Waals surface area contributed by atoms with Crippen LogP contribution in [0.15, 0.2) is 11.6 Å². The second kappa shape index (κ2) is 10.8. The number of allylic oxidation sites excluding steroid dienone is 1. The smallest absolute Gasteiger partial charge is 0.00116 e. The van der Waals surface area contributed by atoms with Crippen molar-refractivity contribution in [3.63, 3.8) is 0 Å². The third-order valence-electron chi connectivity index (χ3n) is 2.51. The average molecular weight is 197 g/mol. The van der Waals surface area contributed by atoms with Crippen molar-refractivity contribution in [3.05, 3.63) is 11.6 Å². The number of hydrogen-bond acceptors (Lipinski definition) is 1. The molecule has 1 nitrogen and oxygen atoms in total. The number of nitrogens with one attached hydrogen (secondary N) is 1. The van der Waals surface area contributed by atoms with Gasteiger partial charge in [-0.1, -0.05) is 45.3 Å². The van der Waals surface area contributed by atoms with Crippen LogP contribution < -0.4 is 5.32 Å². The summed E-state index contributed by atoms with van der Waals surface area (Å²) in [6.45, 7) is 9.07. The molecule has 0 fully saturated rings. The number of hydrogen-bond donors (Lipinski definition) is 1. The van der Waals surface area contributed by atoms with Gasteiger partial charge < -0.3 is 5.32 Å². The van der Waals surface area contributed by atoms with Crippen LogP contribution in [0.1, 0.15) is 59.3 Å². The molecule has 84 valence electrons. The minimum atomic E-state index is 1.16. The molecule has 0 aliphatic carbocycles. The van der Waals surface area contributed by atoms with E-state index in [-0.39, 0.29) is 0 Å². The molecular weight excluding hydrogens is 170 g/mol. The first kappa shape index (κ1) is 13.7. The van der Waals surface area contributed by atoms with Gasteiger partial charge in [-0.2, -0.15) is 0 Å². The van der Waals surface area contributed by atoms with Crippen LogP contribution in [0.4, 0.5) is 0 Å². The first-order valence-electron chi connectivity index (χ1n) is 6.23. The lowest BCUT2D eigenvalue weighted by Gasteiger charge is -2.06. The van der Waals surface area contributed by atoms with Crippen LogP contribution >= 0.6 is 0 Å². The molecule has 0 aromatic heterocycles. The van der Waals surface area contributed by atoms with Crippen LogP contribution in [0, 0.1) is 0 Å². The van der Waals surface area contributed by atoms with E-state index in [1.54, 1.807) is 5.57 Å². The van der Waals surface area contributed by atoms with Crippen LogP contribution in [0.3, 0.4) is 0 Å². The highest BCUT2D eigenvalue weighted by Gasteiger charge is 1.93. The average Bonchev–Trinajstić information content (AvgIpc) is 2.22. The largest absolute Gasteiger partial charge is 0.316 e. The van der Waals surface area contributed by atoms with Gasteiger partial charge in [0.25, 0.3) is 0 Å². The monoisotopic (exact) mass is 197 g/mol. The fourth-order valence-electron chi connectivity index (χ4n) is 1.45. The maximum atomic E-state index is 3.49. The summed E-state index contributed by atoms with van der Waals surface area (Å²) in [6.07, 6.45) is 9.99. The van der Waals surface area contributed by atoms with Crippen molar-refractivity contribution in [2.24, 2.45) is 0 Å². The topological polar surface area (TPSA) is 12.0 Å². The number of rotatable bonds is 9. The van der Waals surface area contributed by atoms with E-state index in [0.29, 0.717) is 0 Å². The van der Waals surface area contributed by atoms with E-state index >= 15 is 0 Å². The van der Waals surface area contributed by atoms with Gasteiger partial charge in [-0.25, -0.2) is 0 Å². The molecule has 0 atom stereocenters. The van der Waals surface area contributed by atoms with E-state index in [1.165, 1.54) is 45.1 Å². The van der Waals surface area contributed by atoms with Crippen LogP contribution in [-0.4, -0.2) is 13.1 Å². The first-order valence-corrected chi connectivity index (χ1v) is 6.23. The van der Waals surface area contributed by atoms with E-state index in [1.807, 2.05) is 0 Å². The zero-order valence-corrected chi connectivity index (χ0v) is 10.2. The van der Waals surface area contributed by atoms with Crippen molar-refractivity contribution < 1.29 is 0 Å². The van der Waals surface area contributed by atoms with Crippen molar-refractivity contribution in [1.29, 1.82) is 0 Å². The van der Waals surface area contributed by atoms with Gasteiger partial charge in [-0.05, 0) is 38.8 Å². The molecule has 14 heavy (non-hydrogen) atoms. The summed E-state index contributed by atoms with van der Waals surface area (Å²) in [7, 11) is 0. The Morgan fingerprint density at radius 1 is 1.07 bits per heavy atom. The fourth-order valence-corrected chi connectivity index (χ4v) is 1.45. The maximum Gasteiger partial charge on any atom is -0.00116 e. The molecule has 0 amide bonds. The summed E-state index contributed by atoms with van der Waals surface area (Å²) in [5.74, 6) is 0. The minimum Gasteiger partial charge on any atom is -0.316 e. The fraction of sp³-hybridized carbons (Fsp3) is 0.846. The van der Waals surface area contributed by atoms with Crippen LogP contribution in [-0.2, 0) is 0 Å². The molecule has 1 N–H and O–H groups in total. The van der Waals surface area contributed by atoms with Crippen molar-refractivity contribution >= 4 is 0 Å². The number of unbranched alkanes of at least 4 members (excludes halogenated alkanes) is 2. The highest BCUT2D eigenvalue weighted by atomic mass is 14.8. The van der Waals surface area contributed by atoms with E-state index in [9.17, 15) is 0 Å². The molecular formula is C13H27N. The van der Waals surface area contributed by atoms with Crippen molar-refractivity contribution in [3.8, 4) is 0 Å². The predicted molar refractivity (Wildman–Crippen MR) is 65.7 cm³/mol. The molecule has 0 heterocycles.